The van der Waals surface area contributed by atoms with E-state index < -0.39 is 11.5 Å². The molecule has 0 aliphatic rings. The largest absolute Gasteiger partial charge is 0.478 e. The van der Waals surface area contributed by atoms with Gasteiger partial charge in [-0.1, -0.05) is 20.3 Å². The number of pyridine rings is 1. The molecule has 0 unspecified atom stereocenters. The minimum Gasteiger partial charge on any atom is -0.478 e. The predicted molar refractivity (Wildman–Crippen MR) is 110 cm³/mol. The predicted octanol–water partition coefficient (Wildman–Crippen LogP) is 2.27. The first-order valence-corrected chi connectivity index (χ1v) is 9.85. The zero-order valence-corrected chi connectivity index (χ0v) is 17.3. The molecule has 0 amide bonds. The Labute approximate surface area is 172 Å². The van der Waals surface area contributed by atoms with E-state index in [9.17, 15) is 14.7 Å². The fourth-order valence-corrected chi connectivity index (χ4v) is 3.07. The normalized spacial score (nSPS) is 11.2. The monoisotopic (exact) mass is 415 g/mol. The zero-order valence-electron chi connectivity index (χ0n) is 17.3. The second-order valence-corrected chi connectivity index (χ2v) is 6.71. The van der Waals surface area contributed by atoms with Gasteiger partial charge in [-0.25, -0.2) is 14.8 Å². The number of rotatable bonds is 10. The summed E-state index contributed by atoms with van der Waals surface area (Å²) in [5.74, 6) is -0.717. The lowest BCUT2D eigenvalue weighted by molar-refractivity contribution is 0.0696. The number of hydrogen-bond acceptors (Lipinski definition) is 7. The molecule has 0 aromatic carbocycles. The molecule has 160 valence electrons. The Kier molecular flexibility index (Phi) is 6.78. The smallest absolute Gasteiger partial charge is 0.337 e. The maximum Gasteiger partial charge on any atom is 0.337 e. The van der Waals surface area contributed by atoms with Crippen LogP contribution in [0.5, 0.6) is 5.88 Å². The van der Waals surface area contributed by atoms with Crippen LogP contribution in [-0.4, -0.2) is 56.1 Å². The molecule has 0 saturated carbocycles. The van der Waals surface area contributed by atoms with E-state index in [-0.39, 0.29) is 22.8 Å². The number of fused-ring (bicyclic) bond motifs is 1. The van der Waals surface area contributed by atoms with Gasteiger partial charge >= 0.3 is 5.97 Å². The molecule has 0 aliphatic carbocycles. The topological polar surface area (TPSA) is 132 Å². The fraction of sp³-hybridized carbons (Fsp3) is 0.450. The average Bonchev–Trinajstić information content (AvgIpc) is 3.10. The summed E-state index contributed by atoms with van der Waals surface area (Å²) >= 11 is 0. The molecule has 3 aromatic heterocycles. The Bertz CT molecular complexity index is 1100. The quantitative estimate of drug-likeness (QED) is 0.482. The first-order valence-electron chi connectivity index (χ1n) is 9.85. The van der Waals surface area contributed by atoms with E-state index >= 15 is 0 Å². The van der Waals surface area contributed by atoms with Crippen molar-refractivity contribution >= 4 is 17.0 Å². The highest BCUT2D eigenvalue weighted by Crippen LogP contribution is 2.27. The van der Waals surface area contributed by atoms with E-state index in [0.29, 0.717) is 37.3 Å². The third kappa shape index (κ3) is 4.33. The first kappa shape index (κ1) is 21.4. The Morgan fingerprint density at radius 3 is 2.73 bits per heavy atom. The number of methoxy groups -OCH3 is 1. The van der Waals surface area contributed by atoms with E-state index in [4.69, 9.17) is 9.47 Å². The highest BCUT2D eigenvalue weighted by molar-refractivity contribution is 5.89. The average molecular weight is 415 g/mol. The van der Waals surface area contributed by atoms with Gasteiger partial charge in [0, 0.05) is 13.3 Å². The van der Waals surface area contributed by atoms with Gasteiger partial charge in [-0.3, -0.25) is 9.48 Å². The van der Waals surface area contributed by atoms with Crippen LogP contribution in [0.4, 0.5) is 0 Å². The Balaban J connectivity index is 2.16. The summed E-state index contributed by atoms with van der Waals surface area (Å²) in [6.07, 6.45) is 3.59. The molecule has 0 fully saturated rings. The van der Waals surface area contributed by atoms with Crippen molar-refractivity contribution in [2.75, 3.05) is 20.3 Å². The number of carbonyl (C=O) groups is 1. The fourth-order valence-electron chi connectivity index (χ4n) is 3.07. The molecule has 10 heteroatoms. The molecule has 0 spiro atoms. The number of carboxylic acids is 1. The van der Waals surface area contributed by atoms with Crippen LogP contribution in [0.25, 0.3) is 22.4 Å². The van der Waals surface area contributed by atoms with Gasteiger partial charge in [0.15, 0.2) is 5.52 Å². The van der Waals surface area contributed by atoms with Crippen LogP contribution in [0.2, 0.25) is 0 Å². The number of aryl methyl sites for hydroxylation is 1. The van der Waals surface area contributed by atoms with Gasteiger partial charge in [-0.2, -0.15) is 5.10 Å². The minimum atomic E-state index is -1.13. The van der Waals surface area contributed by atoms with Crippen LogP contribution in [0.3, 0.4) is 0 Å². The van der Waals surface area contributed by atoms with Crippen molar-refractivity contribution in [1.29, 1.82) is 0 Å². The molecule has 0 bridgehead atoms. The molecular formula is C20H25N5O5. The van der Waals surface area contributed by atoms with Crippen LogP contribution < -0.4 is 10.3 Å². The third-order valence-corrected chi connectivity index (χ3v) is 4.63. The number of nitrogens with zero attached hydrogens (tertiary/aromatic N) is 4. The molecule has 0 atom stereocenters. The molecule has 0 saturated heterocycles. The van der Waals surface area contributed by atoms with Crippen LogP contribution >= 0.6 is 0 Å². The molecule has 0 radical (unpaired) electrons. The van der Waals surface area contributed by atoms with Crippen LogP contribution in [0.15, 0.2) is 17.1 Å². The lowest BCUT2D eigenvalue weighted by Crippen LogP contribution is -2.12. The van der Waals surface area contributed by atoms with E-state index in [1.165, 1.54) is 12.3 Å². The summed E-state index contributed by atoms with van der Waals surface area (Å²) in [4.78, 5) is 35.6. The van der Waals surface area contributed by atoms with Gasteiger partial charge in [0.2, 0.25) is 5.88 Å². The van der Waals surface area contributed by atoms with Crippen molar-refractivity contribution in [1.82, 2.24) is 24.7 Å². The van der Waals surface area contributed by atoms with Crippen molar-refractivity contribution in [2.24, 2.45) is 0 Å². The number of aromatic amines is 1. The van der Waals surface area contributed by atoms with E-state index in [0.717, 1.165) is 18.5 Å². The molecule has 10 nitrogen and oxygen atoms in total. The van der Waals surface area contributed by atoms with E-state index in [2.05, 4.69) is 20.1 Å². The maximum absolute atomic E-state index is 12.7. The van der Waals surface area contributed by atoms with Gasteiger partial charge in [0.05, 0.1) is 36.6 Å². The van der Waals surface area contributed by atoms with Crippen molar-refractivity contribution in [3.05, 3.63) is 33.9 Å². The number of carboxylic acid groups (broad SMARTS) is 1. The number of aromatic nitrogens is 5. The zero-order chi connectivity index (χ0) is 21.7. The first-order chi connectivity index (χ1) is 14.5. The van der Waals surface area contributed by atoms with Gasteiger partial charge in [0.25, 0.3) is 5.56 Å². The molecule has 3 heterocycles. The maximum atomic E-state index is 12.7. The number of nitrogens with one attached hydrogen (secondary N) is 1. The SMILES string of the molecule is CCCCOc1ncc(C(=O)O)cc1-c1nc2c(CC)n(CCOC)nc2c(=O)[nH]1. The summed E-state index contributed by atoms with van der Waals surface area (Å²) in [6.45, 7) is 5.35. The lowest BCUT2D eigenvalue weighted by atomic mass is 10.1. The van der Waals surface area contributed by atoms with E-state index in [1.54, 1.807) is 11.8 Å². The molecule has 0 aliphatic heterocycles. The van der Waals surface area contributed by atoms with Gasteiger partial charge in [-0.05, 0) is 18.9 Å². The second-order valence-electron chi connectivity index (χ2n) is 6.71. The van der Waals surface area contributed by atoms with E-state index in [1.807, 2.05) is 13.8 Å². The summed E-state index contributed by atoms with van der Waals surface area (Å²) in [5, 5.41) is 13.7. The number of hydrogen-bond donors (Lipinski definition) is 2. The highest BCUT2D eigenvalue weighted by Gasteiger charge is 2.20. The molecular weight excluding hydrogens is 390 g/mol. The van der Waals surface area contributed by atoms with Crippen LogP contribution in [0, 0.1) is 0 Å². The van der Waals surface area contributed by atoms with Crippen molar-refractivity contribution in [3.8, 4) is 17.3 Å². The number of H-pyrrole nitrogens is 1. The molecule has 3 aromatic rings. The lowest BCUT2D eigenvalue weighted by Gasteiger charge is -2.10. The van der Waals surface area contributed by atoms with Crippen LogP contribution in [-0.2, 0) is 17.7 Å². The van der Waals surface area contributed by atoms with Crippen molar-refractivity contribution < 1.29 is 19.4 Å². The summed E-state index contributed by atoms with van der Waals surface area (Å²) in [5.41, 5.74) is 1.36. The molecule has 2 N–H and O–H groups in total. The number of ether oxygens (including phenoxy) is 2. The summed E-state index contributed by atoms with van der Waals surface area (Å²) in [6, 6.07) is 1.40. The molecule has 3 rings (SSSR count). The second kappa shape index (κ2) is 9.49. The summed E-state index contributed by atoms with van der Waals surface area (Å²) < 4.78 is 12.6. The minimum absolute atomic E-state index is 0.0258. The Hall–Kier alpha value is -3.27. The van der Waals surface area contributed by atoms with Crippen molar-refractivity contribution in [2.45, 2.75) is 39.7 Å². The Morgan fingerprint density at radius 2 is 2.07 bits per heavy atom. The molecule has 30 heavy (non-hydrogen) atoms. The van der Waals surface area contributed by atoms with Crippen LogP contribution in [0.1, 0.15) is 42.7 Å². The number of unbranched alkanes of at least 4 members (excludes halogenated alkanes) is 1. The number of aromatic carboxylic acids is 1. The Morgan fingerprint density at radius 1 is 1.27 bits per heavy atom. The van der Waals surface area contributed by atoms with Gasteiger partial charge in [0.1, 0.15) is 11.3 Å². The highest BCUT2D eigenvalue weighted by atomic mass is 16.5. The summed E-state index contributed by atoms with van der Waals surface area (Å²) in [7, 11) is 1.60. The van der Waals surface area contributed by atoms with Crippen molar-refractivity contribution in [3.63, 3.8) is 0 Å². The van der Waals surface area contributed by atoms with Gasteiger partial charge < -0.3 is 19.6 Å². The van der Waals surface area contributed by atoms with Gasteiger partial charge in [-0.15, -0.1) is 0 Å². The third-order valence-electron chi connectivity index (χ3n) is 4.63. The standard InChI is InChI=1S/C20H25N5O5/c1-4-6-8-30-19-13(10-12(11-21-19)20(27)28)17-22-15-14(5-2)25(7-9-29-3)24-16(15)18(26)23-17/h10-11H,4-9H2,1-3H3,(H,27,28)(H,22,23,26).